The normalized spacial score (nSPS) is 10.4. The highest BCUT2D eigenvalue weighted by Crippen LogP contribution is 1.90. The molecular weight excluding hydrogens is 144 g/mol. The fourth-order valence-corrected chi connectivity index (χ4v) is 0.708. The Labute approximate surface area is 67.7 Å². The molecule has 11 heavy (non-hydrogen) atoms. The predicted octanol–water partition coefficient (Wildman–Crippen LogP) is -0.371. The van der Waals surface area contributed by atoms with Crippen LogP contribution in [0, 0.1) is 0 Å². The topological polar surface area (TPSA) is 67.5 Å². The van der Waals surface area contributed by atoms with Gasteiger partial charge in [-0.15, -0.1) is 0 Å². The van der Waals surface area contributed by atoms with Gasteiger partial charge in [-0.05, 0) is 19.4 Å². The zero-order chi connectivity index (χ0) is 8.36. The Morgan fingerprint density at radius 2 is 2.09 bits per heavy atom. The van der Waals surface area contributed by atoms with Gasteiger partial charge < -0.3 is 10.8 Å². The number of hydroxylamine groups is 1. The van der Waals surface area contributed by atoms with Gasteiger partial charge in [0.1, 0.15) is 0 Å². The summed E-state index contributed by atoms with van der Waals surface area (Å²) in [5.74, 6) is 0. The van der Waals surface area contributed by atoms with Crippen LogP contribution in [0.5, 0.6) is 0 Å². The van der Waals surface area contributed by atoms with E-state index in [2.05, 4.69) is 5.48 Å². The summed E-state index contributed by atoms with van der Waals surface area (Å²) in [6.45, 7) is 2.02. The summed E-state index contributed by atoms with van der Waals surface area (Å²) in [5, 5.41) is 8.33. The van der Waals surface area contributed by atoms with Crippen molar-refractivity contribution >= 4 is 0 Å². The lowest BCUT2D eigenvalue weighted by Gasteiger charge is -2.02. The third-order valence-electron chi connectivity index (χ3n) is 1.28. The van der Waals surface area contributed by atoms with Crippen molar-refractivity contribution < 1.29 is 9.94 Å². The number of aliphatic hydroxyl groups excluding tert-OH is 1. The molecule has 0 saturated carbocycles. The van der Waals surface area contributed by atoms with Crippen molar-refractivity contribution in [1.29, 1.82) is 0 Å². The Morgan fingerprint density at radius 3 is 2.73 bits per heavy atom. The molecule has 0 aliphatic carbocycles. The van der Waals surface area contributed by atoms with E-state index in [1.165, 1.54) is 0 Å². The van der Waals surface area contributed by atoms with E-state index in [-0.39, 0.29) is 6.61 Å². The molecule has 0 amide bonds. The second kappa shape index (κ2) is 9.84. The van der Waals surface area contributed by atoms with Gasteiger partial charge in [-0.2, -0.15) is 0 Å². The Kier molecular flexibility index (Phi) is 9.70. The third-order valence-corrected chi connectivity index (χ3v) is 1.28. The molecule has 4 N–H and O–H groups in total. The molecule has 0 aromatic rings. The van der Waals surface area contributed by atoms with Crippen LogP contribution < -0.4 is 11.2 Å². The van der Waals surface area contributed by atoms with Crippen LogP contribution in [0.1, 0.15) is 19.3 Å². The van der Waals surface area contributed by atoms with E-state index in [4.69, 9.17) is 15.7 Å². The number of rotatable bonds is 8. The van der Waals surface area contributed by atoms with E-state index < -0.39 is 0 Å². The maximum absolute atomic E-state index is 8.33. The van der Waals surface area contributed by atoms with Gasteiger partial charge >= 0.3 is 0 Å². The summed E-state index contributed by atoms with van der Waals surface area (Å²) >= 11 is 0. The quantitative estimate of drug-likeness (QED) is 0.336. The fourth-order valence-electron chi connectivity index (χ4n) is 0.708. The molecule has 0 unspecified atom stereocenters. The van der Waals surface area contributed by atoms with Crippen molar-refractivity contribution in [3.63, 3.8) is 0 Å². The maximum Gasteiger partial charge on any atom is 0.0913 e. The molecule has 0 atom stereocenters. The first-order valence-corrected chi connectivity index (χ1v) is 4.07. The molecule has 0 aliphatic heterocycles. The minimum atomic E-state index is 0.0653. The van der Waals surface area contributed by atoms with Crippen molar-refractivity contribution in [3.8, 4) is 0 Å². The van der Waals surface area contributed by atoms with Crippen molar-refractivity contribution in [2.75, 3.05) is 26.3 Å². The molecule has 4 heteroatoms. The summed E-state index contributed by atoms with van der Waals surface area (Å²) in [5.41, 5.74) is 8.05. The van der Waals surface area contributed by atoms with E-state index in [1.54, 1.807) is 0 Å². The van der Waals surface area contributed by atoms with Crippen LogP contribution in [0.2, 0.25) is 0 Å². The molecule has 0 saturated heterocycles. The fraction of sp³-hybridized carbons (Fsp3) is 1.00. The lowest BCUT2D eigenvalue weighted by atomic mass is 10.2. The van der Waals surface area contributed by atoms with Gasteiger partial charge in [0.15, 0.2) is 0 Å². The number of hydrogen-bond acceptors (Lipinski definition) is 4. The van der Waals surface area contributed by atoms with Gasteiger partial charge in [0.2, 0.25) is 0 Å². The number of nitrogens with two attached hydrogens (primary N) is 1. The van der Waals surface area contributed by atoms with Gasteiger partial charge in [0.05, 0.1) is 13.2 Å². The van der Waals surface area contributed by atoms with Crippen molar-refractivity contribution in [2.24, 2.45) is 5.73 Å². The zero-order valence-electron chi connectivity index (χ0n) is 6.88. The number of aliphatic hydroxyl groups is 1. The monoisotopic (exact) mass is 162 g/mol. The molecule has 0 heterocycles. The molecule has 0 aromatic heterocycles. The smallest absolute Gasteiger partial charge is 0.0913 e. The summed E-state index contributed by atoms with van der Waals surface area (Å²) in [6.07, 6.45) is 3.27. The average molecular weight is 162 g/mol. The highest BCUT2D eigenvalue weighted by Gasteiger charge is 1.87. The first-order valence-electron chi connectivity index (χ1n) is 4.07. The van der Waals surface area contributed by atoms with Crippen LogP contribution in [0.4, 0.5) is 0 Å². The van der Waals surface area contributed by atoms with E-state index in [0.29, 0.717) is 6.61 Å². The molecule has 0 aliphatic rings. The molecule has 0 bridgehead atoms. The molecule has 0 spiro atoms. The summed E-state index contributed by atoms with van der Waals surface area (Å²) in [4.78, 5) is 4.83. The Balaban J connectivity index is 2.69. The van der Waals surface area contributed by atoms with Crippen LogP contribution in [0.15, 0.2) is 0 Å². The Hall–Kier alpha value is -0.160. The number of nitrogens with one attached hydrogen (secondary N) is 1. The molecule has 4 nitrogen and oxygen atoms in total. The van der Waals surface area contributed by atoms with E-state index in [1.807, 2.05) is 0 Å². The lowest BCUT2D eigenvalue weighted by molar-refractivity contribution is 0.0171. The lowest BCUT2D eigenvalue weighted by Crippen LogP contribution is -2.18. The standard InChI is InChI=1S/C7H18N2O2/c8-4-2-1-3-5-9-11-7-6-10/h9-10H,1-8H2. The first-order chi connectivity index (χ1) is 5.41. The summed E-state index contributed by atoms with van der Waals surface area (Å²) in [6, 6.07) is 0. The third kappa shape index (κ3) is 9.84. The minimum absolute atomic E-state index is 0.0653. The van der Waals surface area contributed by atoms with Crippen molar-refractivity contribution in [1.82, 2.24) is 5.48 Å². The second-order valence-electron chi connectivity index (χ2n) is 2.32. The van der Waals surface area contributed by atoms with E-state index >= 15 is 0 Å². The van der Waals surface area contributed by atoms with Crippen LogP contribution in [0.25, 0.3) is 0 Å². The SMILES string of the molecule is NCCCCCNOCCO. The van der Waals surface area contributed by atoms with Gasteiger partial charge in [-0.1, -0.05) is 6.42 Å². The van der Waals surface area contributed by atoms with Gasteiger partial charge in [-0.25, -0.2) is 5.48 Å². The molecular formula is C7H18N2O2. The van der Waals surface area contributed by atoms with Crippen LogP contribution >= 0.6 is 0 Å². The Morgan fingerprint density at radius 1 is 1.27 bits per heavy atom. The Bertz CT molecular complexity index is 63.5. The van der Waals surface area contributed by atoms with Crippen LogP contribution in [-0.4, -0.2) is 31.4 Å². The minimum Gasteiger partial charge on any atom is -0.394 e. The number of hydrogen-bond donors (Lipinski definition) is 3. The zero-order valence-corrected chi connectivity index (χ0v) is 6.88. The van der Waals surface area contributed by atoms with Gasteiger partial charge in [0.25, 0.3) is 0 Å². The van der Waals surface area contributed by atoms with Gasteiger partial charge in [-0.3, -0.25) is 4.84 Å². The summed E-state index contributed by atoms with van der Waals surface area (Å²) < 4.78 is 0. The molecule has 0 aromatic carbocycles. The van der Waals surface area contributed by atoms with Crippen molar-refractivity contribution in [3.05, 3.63) is 0 Å². The average Bonchev–Trinajstić information content (AvgIpc) is 2.03. The van der Waals surface area contributed by atoms with Gasteiger partial charge in [0, 0.05) is 6.54 Å². The highest BCUT2D eigenvalue weighted by molar-refractivity contribution is 4.42. The molecule has 68 valence electrons. The van der Waals surface area contributed by atoms with Crippen LogP contribution in [-0.2, 0) is 4.84 Å². The highest BCUT2D eigenvalue weighted by atomic mass is 16.6. The molecule has 0 radical (unpaired) electrons. The second-order valence-corrected chi connectivity index (χ2v) is 2.32. The maximum atomic E-state index is 8.33. The van der Waals surface area contributed by atoms with Crippen LogP contribution in [0.3, 0.4) is 0 Å². The number of unbranched alkanes of at least 4 members (excludes halogenated alkanes) is 2. The van der Waals surface area contributed by atoms with E-state index in [0.717, 1.165) is 32.4 Å². The first kappa shape index (κ1) is 10.8. The molecule has 0 fully saturated rings. The summed E-state index contributed by atoms with van der Waals surface area (Å²) in [7, 11) is 0. The largest absolute Gasteiger partial charge is 0.394 e. The molecule has 0 rings (SSSR count). The predicted molar refractivity (Wildman–Crippen MR) is 43.9 cm³/mol. The van der Waals surface area contributed by atoms with Crippen molar-refractivity contribution in [2.45, 2.75) is 19.3 Å². The van der Waals surface area contributed by atoms with E-state index in [9.17, 15) is 0 Å².